The van der Waals surface area contributed by atoms with Crippen LogP contribution in [0, 0.1) is 11.3 Å². The van der Waals surface area contributed by atoms with E-state index in [1.165, 1.54) is 5.57 Å². The summed E-state index contributed by atoms with van der Waals surface area (Å²) >= 11 is 0. The topological polar surface area (TPSA) is 108 Å². The van der Waals surface area contributed by atoms with E-state index in [-0.39, 0.29) is 35.9 Å². The number of carbonyl (C=O) groups excluding carboxylic acids is 2. The Hall–Kier alpha value is -3.16. The maximum Gasteiger partial charge on any atom is 0.337 e. The van der Waals surface area contributed by atoms with Crippen molar-refractivity contribution in [2.75, 3.05) is 18.1 Å². The Balaban J connectivity index is 1.84. The number of carbonyl (C=O) groups is 3. The molecule has 3 atom stereocenters. The second kappa shape index (κ2) is 9.47. The molecule has 0 radical (unpaired) electrons. The van der Waals surface area contributed by atoms with E-state index >= 15 is 0 Å². The third-order valence-electron chi connectivity index (χ3n) is 7.56. The fourth-order valence-corrected chi connectivity index (χ4v) is 5.56. The van der Waals surface area contributed by atoms with Crippen molar-refractivity contribution in [2.24, 2.45) is 16.3 Å². The lowest BCUT2D eigenvalue weighted by Crippen LogP contribution is -2.63. The summed E-state index contributed by atoms with van der Waals surface area (Å²) in [5, 5.41) is 13.2. The number of anilines is 1. The van der Waals surface area contributed by atoms with Crippen molar-refractivity contribution in [2.45, 2.75) is 71.4 Å². The summed E-state index contributed by atoms with van der Waals surface area (Å²) in [6, 6.07) is 6.70. The van der Waals surface area contributed by atoms with E-state index in [0.717, 1.165) is 18.5 Å². The summed E-state index contributed by atoms with van der Waals surface area (Å²) in [6.07, 6.45) is 4.86. The van der Waals surface area contributed by atoms with Gasteiger partial charge >= 0.3 is 11.9 Å². The molecule has 1 aromatic carbocycles. The SMILES string of the molecule is CC1CCC(=O)C1(COC(=O)C(C)(C)C)N(c1ccccc1C(=O)O)C1CCC2=C(CNC=N2)C1. The molecule has 188 valence electrons. The summed E-state index contributed by atoms with van der Waals surface area (Å²) in [6.45, 7) is 7.93. The van der Waals surface area contributed by atoms with Gasteiger partial charge in [0, 0.05) is 24.7 Å². The highest BCUT2D eigenvalue weighted by molar-refractivity contribution is 5.99. The number of aromatic carboxylic acids is 1. The summed E-state index contributed by atoms with van der Waals surface area (Å²) in [7, 11) is 0. The molecule has 8 nitrogen and oxygen atoms in total. The van der Waals surface area contributed by atoms with Crippen LogP contribution >= 0.6 is 0 Å². The van der Waals surface area contributed by atoms with Gasteiger partial charge in [-0.25, -0.2) is 9.79 Å². The van der Waals surface area contributed by atoms with Crippen LogP contribution in [0.3, 0.4) is 0 Å². The molecule has 0 saturated heterocycles. The summed E-state index contributed by atoms with van der Waals surface area (Å²) < 4.78 is 5.84. The maximum atomic E-state index is 13.8. The van der Waals surface area contributed by atoms with Crippen LogP contribution < -0.4 is 10.2 Å². The number of hydrogen-bond donors (Lipinski definition) is 2. The number of para-hydroxylation sites is 1. The molecule has 1 aliphatic heterocycles. The third kappa shape index (κ3) is 4.58. The van der Waals surface area contributed by atoms with Crippen molar-refractivity contribution >= 4 is 29.7 Å². The zero-order chi connectivity index (χ0) is 25.4. The second-order valence-corrected chi connectivity index (χ2v) is 10.9. The molecule has 4 rings (SSSR count). The van der Waals surface area contributed by atoms with Gasteiger partial charge in [0.05, 0.1) is 23.0 Å². The van der Waals surface area contributed by atoms with Crippen LogP contribution in [0.2, 0.25) is 0 Å². The first-order chi connectivity index (χ1) is 16.6. The lowest BCUT2D eigenvalue weighted by atomic mass is 9.80. The molecule has 2 aliphatic carbocycles. The van der Waals surface area contributed by atoms with Crippen LogP contribution in [0.15, 0.2) is 40.5 Å². The number of nitrogens with zero attached hydrogens (tertiary/aromatic N) is 2. The Labute approximate surface area is 206 Å². The Morgan fingerprint density at radius 1 is 1.23 bits per heavy atom. The molecule has 3 aliphatic rings. The Kier molecular flexibility index (Phi) is 6.75. The molecule has 0 spiro atoms. The molecular formula is C27H35N3O5. The number of benzene rings is 1. The molecule has 2 N–H and O–H groups in total. The number of nitrogens with one attached hydrogen (secondary N) is 1. The third-order valence-corrected chi connectivity index (χ3v) is 7.56. The summed E-state index contributed by atoms with van der Waals surface area (Å²) in [5.41, 5.74) is 1.01. The maximum absolute atomic E-state index is 13.8. The largest absolute Gasteiger partial charge is 0.478 e. The van der Waals surface area contributed by atoms with Gasteiger partial charge in [0.2, 0.25) is 0 Å². The van der Waals surface area contributed by atoms with Crippen LogP contribution in [0.25, 0.3) is 0 Å². The average molecular weight is 482 g/mol. The number of esters is 1. The van der Waals surface area contributed by atoms with E-state index < -0.39 is 16.9 Å². The Morgan fingerprint density at radius 3 is 2.63 bits per heavy atom. The normalized spacial score (nSPS) is 26.2. The molecule has 3 unspecified atom stereocenters. The van der Waals surface area contributed by atoms with Gasteiger partial charge in [-0.05, 0) is 70.1 Å². The molecule has 1 fully saturated rings. The van der Waals surface area contributed by atoms with E-state index in [4.69, 9.17) is 4.74 Å². The minimum Gasteiger partial charge on any atom is -0.478 e. The number of ketones is 1. The van der Waals surface area contributed by atoms with E-state index in [1.807, 2.05) is 11.8 Å². The number of ether oxygens (including phenoxy) is 1. The average Bonchev–Trinajstić information content (AvgIpc) is 3.11. The first-order valence-electron chi connectivity index (χ1n) is 12.3. The van der Waals surface area contributed by atoms with Crippen molar-refractivity contribution in [3.05, 3.63) is 41.1 Å². The molecule has 0 aromatic heterocycles. The Bertz CT molecular complexity index is 1090. The van der Waals surface area contributed by atoms with E-state index in [9.17, 15) is 19.5 Å². The number of Topliss-reactive ketones (excluding diaryl/α,β-unsaturated/α-hetero) is 1. The molecule has 8 heteroatoms. The predicted molar refractivity (Wildman–Crippen MR) is 134 cm³/mol. The molecule has 35 heavy (non-hydrogen) atoms. The lowest BCUT2D eigenvalue weighted by molar-refractivity contribution is -0.156. The van der Waals surface area contributed by atoms with Crippen molar-refractivity contribution in [1.29, 1.82) is 0 Å². The van der Waals surface area contributed by atoms with Crippen molar-refractivity contribution in [3.8, 4) is 0 Å². The van der Waals surface area contributed by atoms with Gasteiger partial charge in [0.1, 0.15) is 12.1 Å². The highest BCUT2D eigenvalue weighted by Gasteiger charge is 2.56. The smallest absolute Gasteiger partial charge is 0.337 e. The first-order valence-corrected chi connectivity index (χ1v) is 12.3. The monoisotopic (exact) mass is 481 g/mol. The first kappa shape index (κ1) is 24.9. The van der Waals surface area contributed by atoms with Crippen molar-refractivity contribution in [1.82, 2.24) is 5.32 Å². The van der Waals surface area contributed by atoms with Gasteiger partial charge in [-0.3, -0.25) is 9.59 Å². The number of carboxylic acid groups (broad SMARTS) is 1. The molecule has 1 saturated carbocycles. The zero-order valence-corrected chi connectivity index (χ0v) is 21.0. The fourth-order valence-electron chi connectivity index (χ4n) is 5.56. The summed E-state index contributed by atoms with van der Waals surface area (Å²) in [4.78, 5) is 45.3. The number of aliphatic imine (C=N–C) groups is 1. The lowest BCUT2D eigenvalue weighted by Gasteiger charge is -2.50. The minimum absolute atomic E-state index is 0.00790. The standard InChI is InChI=1S/C27H35N3O5/c1-17-9-12-23(31)27(17,15-35-25(34)26(2,3)4)30(22-8-6-5-7-20(22)24(32)33)19-10-11-21-18(13-19)14-28-16-29-21/h5-8,16-17,19H,9-15H2,1-4H3,(H,28,29)(H,32,33). The van der Waals surface area contributed by atoms with E-state index in [1.54, 1.807) is 51.4 Å². The fraction of sp³-hybridized carbons (Fsp3) is 0.556. The number of carboxylic acids is 1. The van der Waals surface area contributed by atoms with Crippen LogP contribution in [-0.2, 0) is 14.3 Å². The van der Waals surface area contributed by atoms with Crippen LogP contribution in [0.4, 0.5) is 5.69 Å². The second-order valence-electron chi connectivity index (χ2n) is 10.9. The van der Waals surface area contributed by atoms with Crippen LogP contribution in [0.5, 0.6) is 0 Å². The van der Waals surface area contributed by atoms with Crippen molar-refractivity contribution < 1.29 is 24.2 Å². The predicted octanol–water partition coefficient (Wildman–Crippen LogP) is 3.96. The molecule has 1 heterocycles. The molecule has 0 bridgehead atoms. The number of rotatable bonds is 6. The van der Waals surface area contributed by atoms with Gasteiger partial charge < -0.3 is 20.1 Å². The molecule has 1 aromatic rings. The van der Waals surface area contributed by atoms with Gasteiger partial charge in [-0.1, -0.05) is 19.1 Å². The quantitative estimate of drug-likeness (QED) is 0.592. The number of hydrogen-bond acceptors (Lipinski definition) is 7. The molecular weight excluding hydrogens is 446 g/mol. The highest BCUT2D eigenvalue weighted by atomic mass is 16.5. The van der Waals surface area contributed by atoms with Gasteiger partial charge in [-0.15, -0.1) is 0 Å². The zero-order valence-electron chi connectivity index (χ0n) is 21.0. The molecule has 0 amide bonds. The summed E-state index contributed by atoms with van der Waals surface area (Å²) in [5.74, 6) is -1.56. The van der Waals surface area contributed by atoms with Gasteiger partial charge in [0.15, 0.2) is 5.78 Å². The van der Waals surface area contributed by atoms with Crippen molar-refractivity contribution in [3.63, 3.8) is 0 Å². The van der Waals surface area contributed by atoms with Gasteiger partial charge in [0.25, 0.3) is 0 Å². The van der Waals surface area contributed by atoms with Crippen LogP contribution in [-0.4, -0.2) is 53.9 Å². The number of allylic oxidation sites excluding steroid dienone is 1. The van der Waals surface area contributed by atoms with Crippen LogP contribution in [0.1, 0.15) is 70.2 Å². The highest BCUT2D eigenvalue weighted by Crippen LogP contribution is 2.46. The Morgan fingerprint density at radius 2 is 1.97 bits per heavy atom. The minimum atomic E-state index is -1.14. The van der Waals surface area contributed by atoms with Gasteiger partial charge in [-0.2, -0.15) is 0 Å². The van der Waals surface area contributed by atoms with E-state index in [0.29, 0.717) is 31.5 Å². The van der Waals surface area contributed by atoms with E-state index in [2.05, 4.69) is 10.3 Å².